The van der Waals surface area contributed by atoms with Gasteiger partial charge in [0.15, 0.2) is 0 Å². The summed E-state index contributed by atoms with van der Waals surface area (Å²) < 4.78 is 54.8. The van der Waals surface area contributed by atoms with Gasteiger partial charge in [-0.05, 0) is 72.4 Å². The van der Waals surface area contributed by atoms with Crippen LogP contribution in [0.5, 0.6) is 0 Å². The number of aliphatic hydroxyl groups is 1. The Kier molecular flexibility index (Phi) is 7.50. The summed E-state index contributed by atoms with van der Waals surface area (Å²) >= 11 is 0. The first kappa shape index (κ1) is 26.5. The van der Waals surface area contributed by atoms with Gasteiger partial charge < -0.3 is 5.11 Å². The van der Waals surface area contributed by atoms with Gasteiger partial charge in [-0.25, -0.2) is 4.39 Å². The average Bonchev–Trinajstić information content (AvgIpc) is 3.17. The Balaban J connectivity index is 1.55. The van der Waals surface area contributed by atoms with Gasteiger partial charge in [0.25, 0.3) is 0 Å². The van der Waals surface area contributed by atoms with Crippen LogP contribution in [0.25, 0.3) is 11.1 Å². The lowest BCUT2D eigenvalue weighted by Gasteiger charge is -2.26. The molecule has 1 heterocycles. The summed E-state index contributed by atoms with van der Waals surface area (Å²) in [4.78, 5) is 11.7. The predicted octanol–water partition coefficient (Wildman–Crippen LogP) is 6.61. The molecule has 0 aromatic heterocycles. The molecule has 0 spiro atoms. The maximum absolute atomic E-state index is 14.4. The molecular formula is C29H28F4N2O2. The summed E-state index contributed by atoms with van der Waals surface area (Å²) in [6.45, 7) is 4.58. The molecule has 1 aliphatic rings. The molecule has 0 saturated carbocycles. The number of ketones is 1. The smallest absolute Gasteiger partial charge is 0.392 e. The number of anilines is 1. The van der Waals surface area contributed by atoms with Gasteiger partial charge in [0.05, 0.1) is 18.3 Å². The fourth-order valence-corrected chi connectivity index (χ4v) is 4.74. The zero-order chi connectivity index (χ0) is 26.9. The third-order valence-electron chi connectivity index (χ3n) is 6.79. The van der Waals surface area contributed by atoms with Crippen molar-refractivity contribution >= 4 is 17.2 Å². The molecule has 0 radical (unpaired) electrons. The Hall–Kier alpha value is -3.52. The van der Waals surface area contributed by atoms with Crippen molar-refractivity contribution in [2.24, 2.45) is 11.0 Å². The maximum Gasteiger partial charge on any atom is 0.431 e. The number of benzene rings is 3. The van der Waals surface area contributed by atoms with E-state index in [2.05, 4.69) is 5.10 Å². The van der Waals surface area contributed by atoms with E-state index in [1.807, 2.05) is 37.3 Å². The Morgan fingerprint density at radius 2 is 1.70 bits per heavy atom. The molecule has 2 atom stereocenters. The number of nitrogens with zero attached hydrogens (tertiary/aromatic N) is 2. The first-order valence-corrected chi connectivity index (χ1v) is 12.0. The molecule has 1 N–H and O–H groups in total. The lowest BCUT2D eigenvalue weighted by molar-refractivity contribution is -0.117. The van der Waals surface area contributed by atoms with Crippen molar-refractivity contribution < 1.29 is 27.5 Å². The maximum atomic E-state index is 14.4. The third-order valence-corrected chi connectivity index (χ3v) is 6.79. The van der Waals surface area contributed by atoms with E-state index < -0.39 is 23.8 Å². The highest BCUT2D eigenvalue weighted by Crippen LogP contribution is 2.36. The zero-order valence-corrected chi connectivity index (χ0v) is 20.8. The van der Waals surface area contributed by atoms with Crippen LogP contribution in [0.15, 0.2) is 65.8 Å². The van der Waals surface area contributed by atoms with E-state index in [9.17, 15) is 27.5 Å². The van der Waals surface area contributed by atoms with Crippen LogP contribution < -0.4 is 5.01 Å². The number of Topliss-reactive ketones (excluding diaryl/α,β-unsaturated/α-hetero) is 1. The van der Waals surface area contributed by atoms with Gasteiger partial charge in [-0.1, -0.05) is 43.3 Å². The molecule has 3 aromatic rings. The van der Waals surface area contributed by atoms with E-state index in [0.29, 0.717) is 28.8 Å². The van der Waals surface area contributed by atoms with E-state index in [-0.39, 0.29) is 24.6 Å². The van der Waals surface area contributed by atoms with Gasteiger partial charge in [0, 0.05) is 17.9 Å². The van der Waals surface area contributed by atoms with E-state index in [4.69, 9.17) is 0 Å². The Labute approximate surface area is 213 Å². The topological polar surface area (TPSA) is 52.9 Å². The van der Waals surface area contributed by atoms with Crippen LogP contribution in [0.2, 0.25) is 0 Å². The van der Waals surface area contributed by atoms with Gasteiger partial charge >= 0.3 is 6.18 Å². The summed E-state index contributed by atoms with van der Waals surface area (Å²) in [6.07, 6.45) is -4.01. The number of halogens is 4. The number of hydrazone groups is 1. The SMILES string of the molecule is CC(=O)CC1C(C)C(C(F)(F)F)=NN1c1ccc(Cc2ccc(-c3cc(CO)ccc3F)cc2C)cc1. The molecule has 0 amide bonds. The molecule has 0 saturated heterocycles. The van der Waals surface area contributed by atoms with Crippen molar-refractivity contribution in [3.8, 4) is 11.1 Å². The highest BCUT2D eigenvalue weighted by Gasteiger charge is 2.48. The van der Waals surface area contributed by atoms with Crippen LogP contribution in [-0.2, 0) is 17.8 Å². The van der Waals surface area contributed by atoms with E-state index in [0.717, 1.165) is 16.7 Å². The molecule has 37 heavy (non-hydrogen) atoms. The van der Waals surface area contributed by atoms with Crippen LogP contribution in [0.1, 0.15) is 42.5 Å². The standard InChI is InChI=1S/C29H28F4N2O2/c1-17-12-23(25-15-21(16-36)6-11-26(25)30)8-7-22(17)14-20-4-9-24(10-5-20)35-27(13-18(2)37)19(3)28(34-35)29(31,32)33/h4-12,15,19,27,36H,13-14,16H2,1-3H3. The summed E-state index contributed by atoms with van der Waals surface area (Å²) in [7, 11) is 0. The van der Waals surface area contributed by atoms with Crippen molar-refractivity contribution in [3.05, 3.63) is 88.7 Å². The van der Waals surface area contributed by atoms with E-state index >= 15 is 0 Å². The molecular weight excluding hydrogens is 484 g/mol. The predicted molar refractivity (Wildman–Crippen MR) is 136 cm³/mol. The highest BCUT2D eigenvalue weighted by molar-refractivity contribution is 5.96. The minimum absolute atomic E-state index is 0.0284. The molecule has 0 bridgehead atoms. The molecule has 0 aliphatic carbocycles. The fraction of sp³-hybridized carbons (Fsp3) is 0.310. The van der Waals surface area contributed by atoms with Crippen LogP contribution >= 0.6 is 0 Å². The van der Waals surface area contributed by atoms with Gasteiger partial charge in [-0.3, -0.25) is 9.80 Å². The van der Waals surface area contributed by atoms with Crippen LogP contribution in [0.3, 0.4) is 0 Å². The van der Waals surface area contributed by atoms with Crippen LogP contribution in [-0.4, -0.2) is 28.8 Å². The number of hydrogen-bond donors (Lipinski definition) is 1. The molecule has 194 valence electrons. The lowest BCUT2D eigenvalue weighted by Crippen LogP contribution is -2.36. The van der Waals surface area contributed by atoms with E-state index in [1.165, 1.54) is 24.9 Å². The quantitative estimate of drug-likeness (QED) is 0.363. The molecule has 3 aromatic carbocycles. The summed E-state index contributed by atoms with van der Waals surface area (Å²) in [6, 6.07) is 16.6. The van der Waals surface area contributed by atoms with Crippen molar-refractivity contribution in [1.82, 2.24) is 0 Å². The second kappa shape index (κ2) is 10.5. The van der Waals surface area contributed by atoms with Gasteiger partial charge in [0.1, 0.15) is 17.3 Å². The number of aliphatic hydroxyl groups excluding tert-OH is 1. The molecule has 0 fully saturated rings. The Morgan fingerprint density at radius 3 is 2.30 bits per heavy atom. The summed E-state index contributed by atoms with van der Waals surface area (Å²) in [5.41, 5.74) is 4.31. The number of carbonyl (C=O) groups is 1. The number of rotatable bonds is 7. The number of carbonyl (C=O) groups excluding carboxylic acids is 1. The van der Waals surface area contributed by atoms with Gasteiger partial charge in [-0.2, -0.15) is 18.3 Å². The number of alkyl halides is 3. The Morgan fingerprint density at radius 1 is 1.03 bits per heavy atom. The lowest BCUT2D eigenvalue weighted by atomic mass is 9.93. The van der Waals surface area contributed by atoms with Crippen molar-refractivity contribution in [3.63, 3.8) is 0 Å². The molecule has 4 nitrogen and oxygen atoms in total. The third kappa shape index (κ3) is 5.74. The minimum Gasteiger partial charge on any atom is -0.392 e. The van der Waals surface area contributed by atoms with Crippen molar-refractivity contribution in [2.45, 2.75) is 52.4 Å². The first-order chi connectivity index (χ1) is 17.5. The number of hydrogen-bond acceptors (Lipinski definition) is 4. The largest absolute Gasteiger partial charge is 0.431 e. The van der Waals surface area contributed by atoms with Gasteiger partial charge in [-0.15, -0.1) is 0 Å². The molecule has 8 heteroatoms. The molecule has 4 rings (SSSR count). The van der Waals surface area contributed by atoms with Gasteiger partial charge in [0.2, 0.25) is 0 Å². The van der Waals surface area contributed by atoms with Crippen molar-refractivity contribution in [1.29, 1.82) is 0 Å². The molecule has 2 unspecified atom stereocenters. The summed E-state index contributed by atoms with van der Waals surface area (Å²) in [5.74, 6) is -1.48. The monoisotopic (exact) mass is 512 g/mol. The average molecular weight is 513 g/mol. The van der Waals surface area contributed by atoms with Crippen LogP contribution in [0.4, 0.5) is 23.2 Å². The fourth-order valence-electron chi connectivity index (χ4n) is 4.74. The molecule has 1 aliphatic heterocycles. The highest BCUT2D eigenvalue weighted by atomic mass is 19.4. The van der Waals surface area contributed by atoms with Crippen molar-refractivity contribution in [2.75, 3.05) is 5.01 Å². The summed E-state index contributed by atoms with van der Waals surface area (Å²) in [5, 5.41) is 14.5. The second-order valence-corrected chi connectivity index (χ2v) is 9.55. The number of aryl methyl sites for hydroxylation is 1. The zero-order valence-electron chi connectivity index (χ0n) is 20.8. The Bertz CT molecular complexity index is 1330. The second-order valence-electron chi connectivity index (χ2n) is 9.55. The van der Waals surface area contributed by atoms with E-state index in [1.54, 1.807) is 24.3 Å². The first-order valence-electron chi connectivity index (χ1n) is 12.0. The van der Waals surface area contributed by atoms with Crippen LogP contribution in [0, 0.1) is 18.7 Å². The minimum atomic E-state index is -4.56. The normalized spacial score (nSPS) is 17.7.